The molecular weight excluding hydrogens is 346 g/mol. The summed E-state index contributed by atoms with van der Waals surface area (Å²) in [7, 11) is 0. The minimum Gasteiger partial charge on any atom is -0.338 e. The topological polar surface area (TPSA) is 66.6 Å². The molecule has 2 saturated heterocycles. The van der Waals surface area contributed by atoms with Gasteiger partial charge in [0.15, 0.2) is 0 Å². The Hall–Kier alpha value is -1.40. The first-order chi connectivity index (χ1) is 10.6. The molecule has 0 bridgehead atoms. The second kappa shape index (κ2) is 6.38. The molecule has 6 heteroatoms. The highest BCUT2D eigenvalue weighted by Crippen LogP contribution is 2.30. The van der Waals surface area contributed by atoms with Crippen molar-refractivity contribution in [1.29, 1.82) is 0 Å². The third-order valence-electron chi connectivity index (χ3n) is 4.56. The zero-order valence-electron chi connectivity index (χ0n) is 12.4. The Morgan fingerprint density at radius 3 is 2.86 bits per heavy atom. The van der Waals surface area contributed by atoms with E-state index < -0.39 is 5.92 Å². The van der Waals surface area contributed by atoms with Crippen LogP contribution < -0.4 is 10.6 Å². The summed E-state index contributed by atoms with van der Waals surface area (Å²) in [5, 5.41) is 0. The summed E-state index contributed by atoms with van der Waals surface area (Å²) < 4.78 is 0.926. The zero-order chi connectivity index (χ0) is 15.7. The van der Waals surface area contributed by atoms with Crippen LogP contribution >= 0.6 is 15.9 Å². The van der Waals surface area contributed by atoms with Crippen LogP contribution in [0.1, 0.15) is 19.3 Å². The number of hydrogen-bond acceptors (Lipinski definition) is 3. The van der Waals surface area contributed by atoms with Gasteiger partial charge in [0.2, 0.25) is 11.8 Å². The fourth-order valence-corrected chi connectivity index (χ4v) is 3.77. The summed E-state index contributed by atoms with van der Waals surface area (Å²) in [4.78, 5) is 28.8. The summed E-state index contributed by atoms with van der Waals surface area (Å²) in [6.07, 6.45) is 2.50. The second-order valence-corrected chi connectivity index (χ2v) is 6.79. The standard InChI is InChI=1S/C16H20BrN3O2/c17-11-3-1-4-12(9-11)20-8-6-14(16(20)22)15(21)19-7-2-5-13(19)10-18/h1,3-4,9,13-14H,2,5-8,10,18H2. The zero-order valence-corrected chi connectivity index (χ0v) is 14.0. The highest BCUT2D eigenvalue weighted by atomic mass is 79.9. The van der Waals surface area contributed by atoms with E-state index in [-0.39, 0.29) is 17.9 Å². The van der Waals surface area contributed by atoms with Gasteiger partial charge in [-0.25, -0.2) is 0 Å². The lowest BCUT2D eigenvalue weighted by molar-refractivity contribution is -0.140. The molecule has 0 spiro atoms. The molecular formula is C16H20BrN3O2. The molecule has 1 aromatic rings. The molecule has 1 aromatic carbocycles. The maximum absolute atomic E-state index is 12.7. The van der Waals surface area contributed by atoms with Crippen LogP contribution in [0.4, 0.5) is 5.69 Å². The van der Waals surface area contributed by atoms with Crippen LogP contribution in [-0.4, -0.2) is 42.4 Å². The van der Waals surface area contributed by atoms with E-state index in [2.05, 4.69) is 15.9 Å². The number of rotatable bonds is 3. The molecule has 2 aliphatic heterocycles. The van der Waals surface area contributed by atoms with Gasteiger partial charge >= 0.3 is 0 Å². The van der Waals surface area contributed by atoms with E-state index in [4.69, 9.17) is 5.73 Å². The summed E-state index contributed by atoms with van der Waals surface area (Å²) in [5.74, 6) is -0.688. The predicted octanol–water partition coefficient (Wildman–Crippen LogP) is 1.75. The highest BCUT2D eigenvalue weighted by Gasteiger charge is 2.42. The van der Waals surface area contributed by atoms with Crippen molar-refractivity contribution in [2.45, 2.75) is 25.3 Å². The van der Waals surface area contributed by atoms with Crippen molar-refractivity contribution in [3.8, 4) is 0 Å². The molecule has 0 aliphatic carbocycles. The molecule has 0 aromatic heterocycles. The lowest BCUT2D eigenvalue weighted by Gasteiger charge is -2.26. The maximum Gasteiger partial charge on any atom is 0.239 e. The van der Waals surface area contributed by atoms with E-state index in [1.165, 1.54) is 0 Å². The van der Waals surface area contributed by atoms with Gasteiger partial charge in [0.25, 0.3) is 0 Å². The predicted molar refractivity (Wildman–Crippen MR) is 88.4 cm³/mol. The van der Waals surface area contributed by atoms with Gasteiger partial charge in [-0.05, 0) is 37.5 Å². The first kappa shape index (κ1) is 15.5. The fraction of sp³-hybridized carbons (Fsp3) is 0.500. The third-order valence-corrected chi connectivity index (χ3v) is 5.05. The molecule has 2 unspecified atom stereocenters. The Kier molecular flexibility index (Phi) is 4.49. The van der Waals surface area contributed by atoms with Crippen LogP contribution in [0.2, 0.25) is 0 Å². The average Bonchev–Trinajstić information content (AvgIpc) is 3.12. The number of benzene rings is 1. The molecule has 0 radical (unpaired) electrons. The monoisotopic (exact) mass is 365 g/mol. The molecule has 0 saturated carbocycles. The van der Waals surface area contributed by atoms with Gasteiger partial charge in [-0.1, -0.05) is 22.0 Å². The van der Waals surface area contributed by atoms with Gasteiger partial charge in [-0.2, -0.15) is 0 Å². The molecule has 2 amide bonds. The molecule has 2 fully saturated rings. The Morgan fingerprint density at radius 1 is 1.32 bits per heavy atom. The van der Waals surface area contributed by atoms with Crippen molar-refractivity contribution in [3.63, 3.8) is 0 Å². The van der Waals surface area contributed by atoms with Gasteiger partial charge in [-0.3, -0.25) is 9.59 Å². The largest absolute Gasteiger partial charge is 0.338 e. The molecule has 5 nitrogen and oxygen atoms in total. The molecule has 2 heterocycles. The summed E-state index contributed by atoms with van der Waals surface area (Å²) in [6.45, 7) is 1.79. The number of nitrogens with two attached hydrogens (primary N) is 1. The smallest absolute Gasteiger partial charge is 0.239 e. The van der Waals surface area contributed by atoms with E-state index in [1.807, 2.05) is 29.2 Å². The van der Waals surface area contributed by atoms with Gasteiger partial charge in [0, 0.05) is 35.8 Å². The summed E-state index contributed by atoms with van der Waals surface area (Å²) in [6, 6.07) is 7.72. The van der Waals surface area contributed by atoms with Gasteiger partial charge in [-0.15, -0.1) is 0 Å². The molecule has 118 valence electrons. The number of nitrogens with zero attached hydrogens (tertiary/aromatic N) is 2. The van der Waals surface area contributed by atoms with E-state index in [0.717, 1.165) is 29.5 Å². The lowest BCUT2D eigenvalue weighted by atomic mass is 10.1. The highest BCUT2D eigenvalue weighted by molar-refractivity contribution is 9.10. The van der Waals surface area contributed by atoms with E-state index in [0.29, 0.717) is 19.5 Å². The van der Waals surface area contributed by atoms with E-state index in [1.54, 1.807) is 4.90 Å². The van der Waals surface area contributed by atoms with Crippen LogP contribution in [-0.2, 0) is 9.59 Å². The molecule has 2 N–H and O–H groups in total. The third kappa shape index (κ3) is 2.77. The molecule has 2 atom stereocenters. The Labute approximate surface area is 138 Å². The summed E-state index contributed by atoms with van der Waals surface area (Å²) >= 11 is 3.42. The van der Waals surface area contributed by atoms with Crippen molar-refractivity contribution < 1.29 is 9.59 Å². The minimum absolute atomic E-state index is 0.0459. The van der Waals surface area contributed by atoms with Crippen molar-refractivity contribution >= 4 is 33.4 Å². The van der Waals surface area contributed by atoms with Crippen molar-refractivity contribution in [2.75, 3.05) is 24.5 Å². The Morgan fingerprint density at radius 2 is 2.14 bits per heavy atom. The van der Waals surface area contributed by atoms with E-state index >= 15 is 0 Å². The number of hydrogen-bond donors (Lipinski definition) is 1. The quantitative estimate of drug-likeness (QED) is 0.829. The molecule has 22 heavy (non-hydrogen) atoms. The maximum atomic E-state index is 12.7. The van der Waals surface area contributed by atoms with Crippen LogP contribution in [0.5, 0.6) is 0 Å². The number of anilines is 1. The molecule has 3 rings (SSSR count). The number of likely N-dealkylation sites (tertiary alicyclic amines) is 1. The lowest BCUT2D eigenvalue weighted by Crippen LogP contribution is -2.45. The van der Waals surface area contributed by atoms with Crippen LogP contribution in [0.25, 0.3) is 0 Å². The Bertz CT molecular complexity index is 593. The van der Waals surface area contributed by atoms with Gasteiger partial charge in [0.05, 0.1) is 0 Å². The van der Waals surface area contributed by atoms with Gasteiger partial charge in [0.1, 0.15) is 5.92 Å². The fourth-order valence-electron chi connectivity index (χ4n) is 3.38. The number of carbonyl (C=O) groups excluding carboxylic acids is 2. The first-order valence-electron chi connectivity index (χ1n) is 7.69. The van der Waals surface area contributed by atoms with Crippen LogP contribution in [0, 0.1) is 5.92 Å². The van der Waals surface area contributed by atoms with Crippen LogP contribution in [0.15, 0.2) is 28.7 Å². The second-order valence-electron chi connectivity index (χ2n) is 5.87. The number of halogens is 1. The van der Waals surface area contributed by atoms with Crippen LogP contribution in [0.3, 0.4) is 0 Å². The van der Waals surface area contributed by atoms with Crippen molar-refractivity contribution in [1.82, 2.24) is 4.90 Å². The normalized spacial score (nSPS) is 25.1. The van der Waals surface area contributed by atoms with Crippen molar-refractivity contribution in [2.24, 2.45) is 11.7 Å². The minimum atomic E-state index is -0.550. The Balaban J connectivity index is 1.75. The van der Waals surface area contributed by atoms with Gasteiger partial charge < -0.3 is 15.5 Å². The van der Waals surface area contributed by atoms with Crippen molar-refractivity contribution in [3.05, 3.63) is 28.7 Å². The number of amides is 2. The SMILES string of the molecule is NCC1CCCN1C(=O)C1CCN(c2cccc(Br)c2)C1=O. The first-order valence-corrected chi connectivity index (χ1v) is 8.48. The summed E-state index contributed by atoms with van der Waals surface area (Å²) in [5.41, 5.74) is 6.58. The number of carbonyl (C=O) groups is 2. The van der Waals surface area contributed by atoms with E-state index in [9.17, 15) is 9.59 Å². The average molecular weight is 366 g/mol. The molecule has 2 aliphatic rings.